The van der Waals surface area contributed by atoms with Crippen LogP contribution in [0.15, 0.2) is 53.7 Å². The van der Waals surface area contributed by atoms with E-state index in [1.807, 2.05) is 30.3 Å². The monoisotopic (exact) mass is 302 g/mol. The summed E-state index contributed by atoms with van der Waals surface area (Å²) < 4.78 is 7.19. The summed E-state index contributed by atoms with van der Waals surface area (Å²) >= 11 is 6.12. The molecule has 0 amide bonds. The summed E-state index contributed by atoms with van der Waals surface area (Å²) in [6, 6.07) is 9.54. The summed E-state index contributed by atoms with van der Waals surface area (Å²) in [5.41, 5.74) is 1.78. The maximum absolute atomic E-state index is 6.12. The Morgan fingerprint density at radius 3 is 2.95 bits per heavy atom. The Balaban J connectivity index is 1.96. The summed E-state index contributed by atoms with van der Waals surface area (Å²) in [7, 11) is 0. The summed E-state index contributed by atoms with van der Waals surface area (Å²) in [5.74, 6) is 0.891. The molecule has 0 radical (unpaired) electrons. The van der Waals surface area contributed by atoms with Crippen LogP contribution in [0.5, 0.6) is 0 Å². The molecule has 0 aliphatic rings. The summed E-state index contributed by atoms with van der Waals surface area (Å²) in [6.45, 7) is 2.10. The molecule has 5 nitrogen and oxygen atoms in total. The van der Waals surface area contributed by atoms with E-state index in [2.05, 4.69) is 22.3 Å². The van der Waals surface area contributed by atoms with Gasteiger partial charge in [0, 0.05) is 5.02 Å². The van der Waals surface area contributed by atoms with E-state index >= 15 is 0 Å². The van der Waals surface area contributed by atoms with Crippen molar-refractivity contribution in [2.45, 2.75) is 19.4 Å². The predicted octanol–water partition coefficient (Wildman–Crippen LogP) is 4.08. The van der Waals surface area contributed by atoms with Crippen LogP contribution in [0.1, 0.15) is 25.1 Å². The third-order valence-corrected chi connectivity index (χ3v) is 3.48. The van der Waals surface area contributed by atoms with E-state index in [9.17, 15) is 0 Å². The fourth-order valence-electron chi connectivity index (χ4n) is 2.21. The molecule has 0 bridgehead atoms. The zero-order valence-corrected chi connectivity index (χ0v) is 12.3. The lowest BCUT2D eigenvalue weighted by Gasteiger charge is -2.19. The summed E-state index contributed by atoms with van der Waals surface area (Å²) in [6.07, 6.45) is 5.72. The second kappa shape index (κ2) is 6.01. The molecule has 1 unspecified atom stereocenters. The van der Waals surface area contributed by atoms with Crippen molar-refractivity contribution in [2.24, 2.45) is 0 Å². The second-order valence-electron chi connectivity index (χ2n) is 4.62. The average molecular weight is 303 g/mol. The zero-order valence-electron chi connectivity index (χ0n) is 11.5. The van der Waals surface area contributed by atoms with Gasteiger partial charge in [0.25, 0.3) is 0 Å². The molecule has 3 rings (SSSR count). The van der Waals surface area contributed by atoms with E-state index in [0.717, 1.165) is 23.6 Å². The number of rotatable bonds is 5. The highest BCUT2D eigenvalue weighted by atomic mass is 35.5. The minimum Gasteiger partial charge on any atom is -0.467 e. The molecule has 0 aliphatic carbocycles. The Hall–Kier alpha value is -2.27. The van der Waals surface area contributed by atoms with Gasteiger partial charge < -0.3 is 9.73 Å². The molecule has 0 aliphatic heterocycles. The standard InChI is InChI=1S/C15H15ClN4O/c1-2-12(15-4-3-7-21-15)19-13-8-11(16)5-6-14(13)20-10-17-9-18-20/h3-10,12,19H,2H2,1H3. The number of hydrogen-bond acceptors (Lipinski definition) is 4. The minimum absolute atomic E-state index is 0.0701. The first-order chi connectivity index (χ1) is 10.3. The van der Waals surface area contributed by atoms with Gasteiger partial charge in [0.15, 0.2) is 0 Å². The molecule has 1 atom stereocenters. The van der Waals surface area contributed by atoms with Crippen molar-refractivity contribution in [3.63, 3.8) is 0 Å². The molecule has 6 heteroatoms. The molecule has 2 aromatic heterocycles. The summed E-state index contributed by atoms with van der Waals surface area (Å²) in [4.78, 5) is 3.98. The molecular formula is C15H15ClN4O. The highest BCUT2D eigenvalue weighted by molar-refractivity contribution is 6.31. The van der Waals surface area contributed by atoms with Gasteiger partial charge in [-0.05, 0) is 36.8 Å². The Morgan fingerprint density at radius 1 is 1.38 bits per heavy atom. The van der Waals surface area contributed by atoms with Gasteiger partial charge in [0.2, 0.25) is 0 Å². The van der Waals surface area contributed by atoms with Crippen LogP contribution in [0.4, 0.5) is 5.69 Å². The molecular weight excluding hydrogens is 288 g/mol. The largest absolute Gasteiger partial charge is 0.467 e. The van der Waals surface area contributed by atoms with Crippen LogP contribution in [0, 0.1) is 0 Å². The fourth-order valence-corrected chi connectivity index (χ4v) is 2.38. The minimum atomic E-state index is 0.0701. The van der Waals surface area contributed by atoms with Crippen molar-refractivity contribution in [3.05, 3.63) is 60.0 Å². The van der Waals surface area contributed by atoms with Crippen LogP contribution >= 0.6 is 11.6 Å². The van der Waals surface area contributed by atoms with Gasteiger partial charge in [0.05, 0.1) is 23.7 Å². The topological polar surface area (TPSA) is 55.9 Å². The van der Waals surface area contributed by atoms with Gasteiger partial charge >= 0.3 is 0 Å². The van der Waals surface area contributed by atoms with Gasteiger partial charge in [0.1, 0.15) is 18.4 Å². The number of benzene rings is 1. The molecule has 1 aromatic carbocycles. The molecule has 0 fully saturated rings. The number of furan rings is 1. The Labute approximate surface area is 127 Å². The lowest BCUT2D eigenvalue weighted by molar-refractivity contribution is 0.474. The van der Waals surface area contributed by atoms with Crippen LogP contribution in [0.3, 0.4) is 0 Å². The Kier molecular flexibility index (Phi) is 3.92. The molecule has 1 N–H and O–H groups in total. The van der Waals surface area contributed by atoms with Crippen LogP contribution < -0.4 is 5.32 Å². The maximum atomic E-state index is 6.12. The van der Waals surface area contributed by atoms with Crippen molar-refractivity contribution in [2.75, 3.05) is 5.32 Å². The normalized spacial score (nSPS) is 12.3. The lowest BCUT2D eigenvalue weighted by atomic mass is 10.1. The quantitative estimate of drug-likeness (QED) is 0.771. The van der Waals surface area contributed by atoms with E-state index < -0.39 is 0 Å². The highest BCUT2D eigenvalue weighted by Crippen LogP contribution is 2.29. The number of halogens is 1. The SMILES string of the molecule is CCC(Nc1cc(Cl)ccc1-n1cncn1)c1ccco1. The molecule has 0 saturated carbocycles. The van der Waals surface area contributed by atoms with Crippen LogP contribution in [0.25, 0.3) is 5.69 Å². The fraction of sp³-hybridized carbons (Fsp3) is 0.200. The van der Waals surface area contributed by atoms with E-state index in [0.29, 0.717) is 5.02 Å². The first-order valence-electron chi connectivity index (χ1n) is 6.72. The van der Waals surface area contributed by atoms with E-state index in [1.165, 1.54) is 6.33 Å². The van der Waals surface area contributed by atoms with Gasteiger partial charge in [-0.3, -0.25) is 0 Å². The van der Waals surface area contributed by atoms with Gasteiger partial charge in [-0.25, -0.2) is 9.67 Å². The van der Waals surface area contributed by atoms with E-state index in [-0.39, 0.29) is 6.04 Å². The van der Waals surface area contributed by atoms with Crippen LogP contribution in [0.2, 0.25) is 5.02 Å². The number of nitrogens with one attached hydrogen (secondary N) is 1. The Bertz CT molecular complexity index is 695. The number of nitrogens with zero attached hydrogens (tertiary/aromatic N) is 3. The number of anilines is 1. The maximum Gasteiger partial charge on any atom is 0.138 e. The van der Waals surface area contributed by atoms with Crippen molar-refractivity contribution >= 4 is 17.3 Å². The van der Waals surface area contributed by atoms with Crippen molar-refractivity contribution < 1.29 is 4.42 Å². The van der Waals surface area contributed by atoms with Gasteiger partial charge in [-0.2, -0.15) is 5.10 Å². The zero-order chi connectivity index (χ0) is 14.7. The van der Waals surface area contributed by atoms with Crippen molar-refractivity contribution in [3.8, 4) is 5.69 Å². The van der Waals surface area contributed by atoms with Gasteiger partial charge in [-0.1, -0.05) is 18.5 Å². The molecule has 3 aromatic rings. The molecule has 21 heavy (non-hydrogen) atoms. The number of aromatic nitrogens is 3. The molecule has 108 valence electrons. The first-order valence-corrected chi connectivity index (χ1v) is 7.10. The molecule has 0 saturated heterocycles. The predicted molar refractivity (Wildman–Crippen MR) is 81.7 cm³/mol. The van der Waals surface area contributed by atoms with Crippen molar-refractivity contribution in [1.29, 1.82) is 0 Å². The highest BCUT2D eigenvalue weighted by Gasteiger charge is 2.15. The van der Waals surface area contributed by atoms with E-state index in [4.69, 9.17) is 16.0 Å². The third kappa shape index (κ3) is 2.92. The van der Waals surface area contributed by atoms with Gasteiger partial charge in [-0.15, -0.1) is 0 Å². The van der Waals surface area contributed by atoms with Crippen LogP contribution in [-0.4, -0.2) is 14.8 Å². The second-order valence-corrected chi connectivity index (χ2v) is 5.06. The lowest BCUT2D eigenvalue weighted by Crippen LogP contribution is -2.11. The first kappa shape index (κ1) is 13.7. The van der Waals surface area contributed by atoms with E-state index in [1.54, 1.807) is 17.3 Å². The number of hydrogen-bond donors (Lipinski definition) is 1. The average Bonchev–Trinajstić information content (AvgIpc) is 3.18. The molecule has 2 heterocycles. The Morgan fingerprint density at radius 2 is 2.29 bits per heavy atom. The van der Waals surface area contributed by atoms with Crippen LogP contribution in [-0.2, 0) is 0 Å². The summed E-state index contributed by atoms with van der Waals surface area (Å²) in [5, 5.41) is 8.30. The third-order valence-electron chi connectivity index (χ3n) is 3.25. The van der Waals surface area contributed by atoms with Crippen molar-refractivity contribution in [1.82, 2.24) is 14.8 Å². The smallest absolute Gasteiger partial charge is 0.138 e. The molecule has 0 spiro atoms.